The Morgan fingerprint density at radius 3 is 2.80 bits per heavy atom. The van der Waals surface area contributed by atoms with E-state index in [1.807, 2.05) is 6.92 Å². The fourth-order valence-electron chi connectivity index (χ4n) is 1.47. The molecule has 1 unspecified atom stereocenters. The standard InChI is InChI=1S/C14H18N2O4/c1-10(7-8-20-2)16-14(19)12-5-3-11(9-15-12)4-6-13(17)18/h3-6,9-10H,7-8H2,1-2H3,(H,16,19)(H,17,18). The minimum Gasteiger partial charge on any atom is -0.478 e. The van der Waals surface area contributed by atoms with E-state index >= 15 is 0 Å². The summed E-state index contributed by atoms with van der Waals surface area (Å²) in [6.07, 6.45) is 4.61. The molecular formula is C14H18N2O4. The molecule has 0 aromatic carbocycles. The Kier molecular flexibility index (Phi) is 6.39. The molecule has 0 aliphatic carbocycles. The van der Waals surface area contributed by atoms with Crippen LogP contribution in [-0.2, 0) is 9.53 Å². The second-order valence-electron chi connectivity index (χ2n) is 4.30. The molecule has 0 spiro atoms. The number of carbonyl (C=O) groups excluding carboxylic acids is 1. The number of hydrogen-bond acceptors (Lipinski definition) is 4. The van der Waals surface area contributed by atoms with E-state index in [1.165, 1.54) is 12.3 Å². The summed E-state index contributed by atoms with van der Waals surface area (Å²) in [5, 5.41) is 11.3. The van der Waals surface area contributed by atoms with E-state index in [9.17, 15) is 9.59 Å². The molecule has 20 heavy (non-hydrogen) atoms. The molecule has 2 N–H and O–H groups in total. The lowest BCUT2D eigenvalue weighted by molar-refractivity contribution is -0.131. The molecule has 6 nitrogen and oxygen atoms in total. The molecule has 0 aliphatic heterocycles. The van der Waals surface area contributed by atoms with Gasteiger partial charge in [0.25, 0.3) is 5.91 Å². The van der Waals surface area contributed by atoms with Crippen molar-refractivity contribution in [1.82, 2.24) is 10.3 Å². The molecule has 0 fully saturated rings. The topological polar surface area (TPSA) is 88.5 Å². The van der Waals surface area contributed by atoms with Crippen molar-refractivity contribution in [2.45, 2.75) is 19.4 Å². The first kappa shape index (κ1) is 15.8. The fourth-order valence-corrected chi connectivity index (χ4v) is 1.47. The number of aromatic nitrogens is 1. The Balaban J connectivity index is 2.59. The molecule has 0 aliphatic rings. The number of pyridine rings is 1. The Morgan fingerprint density at radius 1 is 1.50 bits per heavy atom. The molecule has 0 bridgehead atoms. The minimum absolute atomic E-state index is 0.00386. The van der Waals surface area contributed by atoms with E-state index in [0.29, 0.717) is 17.9 Å². The van der Waals surface area contributed by atoms with Gasteiger partial charge in [-0.2, -0.15) is 0 Å². The van der Waals surface area contributed by atoms with Gasteiger partial charge in [0.15, 0.2) is 0 Å². The number of hydrogen-bond donors (Lipinski definition) is 2. The zero-order valence-corrected chi connectivity index (χ0v) is 11.5. The smallest absolute Gasteiger partial charge is 0.328 e. The maximum absolute atomic E-state index is 11.9. The van der Waals surface area contributed by atoms with Gasteiger partial charge in [0.1, 0.15) is 5.69 Å². The van der Waals surface area contributed by atoms with Crippen LogP contribution in [0.2, 0.25) is 0 Å². The van der Waals surface area contributed by atoms with Crippen LogP contribution in [0, 0.1) is 0 Å². The summed E-state index contributed by atoms with van der Waals surface area (Å²) >= 11 is 0. The van der Waals surface area contributed by atoms with Gasteiger partial charge in [-0.25, -0.2) is 4.79 Å². The average Bonchev–Trinajstić information content (AvgIpc) is 2.43. The normalized spacial score (nSPS) is 12.3. The van der Waals surface area contributed by atoms with Crippen LogP contribution in [0.5, 0.6) is 0 Å². The predicted octanol–water partition coefficient (Wildman–Crippen LogP) is 1.33. The number of rotatable bonds is 7. The second kappa shape index (κ2) is 8.06. The first-order valence-electron chi connectivity index (χ1n) is 6.19. The van der Waals surface area contributed by atoms with Crippen LogP contribution in [0.25, 0.3) is 6.08 Å². The SMILES string of the molecule is COCCC(C)NC(=O)c1ccc(C=CC(=O)O)cn1. The summed E-state index contributed by atoms with van der Waals surface area (Å²) in [6, 6.07) is 3.19. The largest absolute Gasteiger partial charge is 0.478 e. The van der Waals surface area contributed by atoms with Gasteiger partial charge in [-0.05, 0) is 31.1 Å². The van der Waals surface area contributed by atoms with Crippen molar-refractivity contribution >= 4 is 18.0 Å². The van der Waals surface area contributed by atoms with Gasteiger partial charge in [-0.3, -0.25) is 9.78 Å². The molecule has 1 rings (SSSR count). The van der Waals surface area contributed by atoms with Crippen LogP contribution in [0.4, 0.5) is 0 Å². The molecule has 1 heterocycles. The number of methoxy groups -OCH3 is 1. The van der Waals surface area contributed by atoms with Crippen LogP contribution in [0.1, 0.15) is 29.4 Å². The maximum atomic E-state index is 11.9. The maximum Gasteiger partial charge on any atom is 0.328 e. The van der Waals surface area contributed by atoms with Gasteiger partial charge in [0, 0.05) is 32.0 Å². The van der Waals surface area contributed by atoms with Gasteiger partial charge in [0.2, 0.25) is 0 Å². The summed E-state index contributed by atoms with van der Waals surface area (Å²) in [7, 11) is 1.61. The van der Waals surface area contributed by atoms with Gasteiger partial charge in [-0.1, -0.05) is 6.07 Å². The molecule has 0 saturated heterocycles. The Bertz CT molecular complexity index is 482. The third kappa shape index (κ3) is 5.62. The highest BCUT2D eigenvalue weighted by molar-refractivity contribution is 5.92. The number of carboxylic acids is 1. The van der Waals surface area contributed by atoms with Crippen molar-refractivity contribution in [2.75, 3.05) is 13.7 Å². The van der Waals surface area contributed by atoms with E-state index in [1.54, 1.807) is 19.2 Å². The highest BCUT2D eigenvalue weighted by atomic mass is 16.5. The Labute approximate surface area is 117 Å². The monoisotopic (exact) mass is 278 g/mol. The van der Waals surface area contributed by atoms with Crippen molar-refractivity contribution < 1.29 is 19.4 Å². The van der Waals surface area contributed by atoms with Gasteiger partial charge < -0.3 is 15.2 Å². The Morgan fingerprint density at radius 2 is 2.25 bits per heavy atom. The van der Waals surface area contributed by atoms with Crippen LogP contribution >= 0.6 is 0 Å². The van der Waals surface area contributed by atoms with Gasteiger partial charge in [-0.15, -0.1) is 0 Å². The summed E-state index contributed by atoms with van der Waals surface area (Å²) in [5.41, 5.74) is 0.915. The molecule has 1 atom stereocenters. The van der Waals surface area contributed by atoms with Gasteiger partial charge >= 0.3 is 5.97 Å². The average molecular weight is 278 g/mol. The van der Waals surface area contributed by atoms with E-state index in [-0.39, 0.29) is 11.9 Å². The van der Waals surface area contributed by atoms with Crippen molar-refractivity contribution in [3.05, 3.63) is 35.7 Å². The van der Waals surface area contributed by atoms with Crippen LogP contribution in [0.15, 0.2) is 24.4 Å². The van der Waals surface area contributed by atoms with Crippen LogP contribution < -0.4 is 5.32 Å². The van der Waals surface area contributed by atoms with Crippen molar-refractivity contribution in [2.24, 2.45) is 0 Å². The number of carboxylic acid groups (broad SMARTS) is 1. The summed E-state index contributed by atoms with van der Waals surface area (Å²) in [6.45, 7) is 2.47. The first-order valence-corrected chi connectivity index (χ1v) is 6.19. The molecule has 6 heteroatoms. The number of amides is 1. The second-order valence-corrected chi connectivity index (χ2v) is 4.30. The molecule has 1 aromatic rings. The quantitative estimate of drug-likeness (QED) is 0.735. The third-order valence-electron chi connectivity index (χ3n) is 2.57. The van der Waals surface area contributed by atoms with E-state index in [0.717, 1.165) is 12.5 Å². The highest BCUT2D eigenvalue weighted by Crippen LogP contribution is 2.03. The minimum atomic E-state index is -1.03. The lowest BCUT2D eigenvalue weighted by atomic mass is 10.2. The fraction of sp³-hybridized carbons (Fsp3) is 0.357. The molecular weight excluding hydrogens is 260 g/mol. The third-order valence-corrected chi connectivity index (χ3v) is 2.57. The summed E-state index contributed by atoms with van der Waals surface area (Å²) in [5.74, 6) is -1.29. The molecule has 108 valence electrons. The molecule has 1 amide bonds. The molecule has 0 saturated carbocycles. The molecule has 1 aromatic heterocycles. The van der Waals surface area contributed by atoms with Crippen molar-refractivity contribution in [3.8, 4) is 0 Å². The summed E-state index contributed by atoms with van der Waals surface area (Å²) < 4.78 is 4.94. The van der Waals surface area contributed by atoms with Crippen LogP contribution in [-0.4, -0.2) is 41.7 Å². The van der Waals surface area contributed by atoms with Crippen molar-refractivity contribution in [1.29, 1.82) is 0 Å². The number of aliphatic carboxylic acids is 1. The number of carbonyl (C=O) groups is 2. The zero-order valence-electron chi connectivity index (χ0n) is 11.5. The number of nitrogens with one attached hydrogen (secondary N) is 1. The van der Waals surface area contributed by atoms with Crippen LogP contribution in [0.3, 0.4) is 0 Å². The first-order chi connectivity index (χ1) is 9.52. The van der Waals surface area contributed by atoms with E-state index in [2.05, 4.69) is 10.3 Å². The highest BCUT2D eigenvalue weighted by Gasteiger charge is 2.10. The summed E-state index contributed by atoms with van der Waals surface area (Å²) in [4.78, 5) is 26.2. The Hall–Kier alpha value is -2.21. The van der Waals surface area contributed by atoms with E-state index in [4.69, 9.17) is 9.84 Å². The molecule has 0 radical (unpaired) electrons. The lowest BCUT2D eigenvalue weighted by Gasteiger charge is -2.12. The number of nitrogens with zero attached hydrogens (tertiary/aromatic N) is 1. The van der Waals surface area contributed by atoms with Gasteiger partial charge in [0.05, 0.1) is 0 Å². The predicted molar refractivity (Wildman–Crippen MR) is 74.3 cm³/mol. The zero-order chi connectivity index (χ0) is 15.0. The lowest BCUT2D eigenvalue weighted by Crippen LogP contribution is -2.33. The van der Waals surface area contributed by atoms with E-state index < -0.39 is 5.97 Å². The van der Waals surface area contributed by atoms with Crippen molar-refractivity contribution in [3.63, 3.8) is 0 Å². The number of ether oxygens (including phenoxy) is 1.